The monoisotopic (exact) mass is 288 g/mol. The molecule has 0 atom stereocenters. The normalized spacial score (nSPS) is 13.0. The second-order valence-corrected chi connectivity index (χ2v) is 5.01. The Morgan fingerprint density at radius 1 is 1.10 bits per heavy atom. The Labute approximate surface area is 121 Å². The summed E-state index contributed by atoms with van der Waals surface area (Å²) >= 11 is 0. The van der Waals surface area contributed by atoms with Crippen molar-refractivity contribution in [2.24, 2.45) is 0 Å². The minimum absolute atomic E-state index is 0.280. The molecular weight excluding hydrogens is 274 g/mol. The predicted octanol–water partition coefficient (Wildman–Crippen LogP) is 2.50. The van der Waals surface area contributed by atoms with E-state index >= 15 is 0 Å². The van der Waals surface area contributed by atoms with Crippen LogP contribution in [0.15, 0.2) is 36.4 Å². The molecule has 21 heavy (non-hydrogen) atoms. The van der Waals surface area contributed by atoms with Gasteiger partial charge in [0.25, 0.3) is 5.91 Å². The molecule has 5 heteroatoms. The molecule has 0 bridgehead atoms. The second-order valence-electron chi connectivity index (χ2n) is 5.01. The van der Waals surface area contributed by atoms with Gasteiger partial charge in [-0.1, -0.05) is 18.2 Å². The van der Waals surface area contributed by atoms with Gasteiger partial charge in [0.05, 0.1) is 5.56 Å². The highest BCUT2D eigenvalue weighted by Gasteiger charge is 2.14. The average molecular weight is 288 g/mol. The Morgan fingerprint density at radius 3 is 2.76 bits per heavy atom. The van der Waals surface area contributed by atoms with Crippen molar-refractivity contribution in [3.8, 4) is 0 Å². The highest BCUT2D eigenvalue weighted by Crippen LogP contribution is 2.17. The molecule has 0 radical (unpaired) electrons. The first-order valence-corrected chi connectivity index (χ1v) is 6.68. The van der Waals surface area contributed by atoms with Crippen molar-refractivity contribution in [2.75, 3.05) is 0 Å². The molecule has 3 nitrogen and oxygen atoms in total. The summed E-state index contributed by atoms with van der Waals surface area (Å²) < 4.78 is 26.6. The topological polar surface area (TPSA) is 41.1 Å². The molecule has 0 saturated heterocycles. The molecule has 1 amide bonds. The van der Waals surface area contributed by atoms with Crippen molar-refractivity contribution in [1.29, 1.82) is 0 Å². The van der Waals surface area contributed by atoms with E-state index in [2.05, 4.69) is 10.6 Å². The van der Waals surface area contributed by atoms with E-state index in [0.717, 1.165) is 36.9 Å². The Morgan fingerprint density at radius 2 is 1.90 bits per heavy atom. The summed E-state index contributed by atoms with van der Waals surface area (Å²) in [7, 11) is 0. The predicted molar refractivity (Wildman–Crippen MR) is 74.5 cm³/mol. The van der Waals surface area contributed by atoms with Gasteiger partial charge in [-0.15, -0.1) is 0 Å². The molecule has 0 unspecified atom stereocenters. The first-order chi connectivity index (χ1) is 10.1. The number of rotatable bonds is 3. The Kier molecular flexibility index (Phi) is 3.66. The minimum atomic E-state index is -0.730. The van der Waals surface area contributed by atoms with Crippen molar-refractivity contribution in [1.82, 2.24) is 10.6 Å². The fourth-order valence-corrected chi connectivity index (χ4v) is 2.41. The largest absolute Gasteiger partial charge is 0.348 e. The van der Waals surface area contributed by atoms with E-state index in [9.17, 15) is 13.6 Å². The van der Waals surface area contributed by atoms with E-state index in [1.807, 2.05) is 18.2 Å². The van der Waals surface area contributed by atoms with Gasteiger partial charge in [0, 0.05) is 19.6 Å². The third-order valence-corrected chi connectivity index (χ3v) is 3.53. The fourth-order valence-electron chi connectivity index (χ4n) is 2.41. The van der Waals surface area contributed by atoms with Gasteiger partial charge in [0.2, 0.25) is 0 Å². The SMILES string of the molecule is O=C(NCc1ccc2c(c1)CNC2)c1cc(F)ccc1F. The third-order valence-electron chi connectivity index (χ3n) is 3.53. The average Bonchev–Trinajstić information content (AvgIpc) is 2.94. The number of halogens is 2. The molecule has 0 aliphatic carbocycles. The Hall–Kier alpha value is -2.27. The van der Waals surface area contributed by atoms with E-state index in [-0.39, 0.29) is 12.1 Å². The van der Waals surface area contributed by atoms with Crippen molar-refractivity contribution in [3.63, 3.8) is 0 Å². The van der Waals surface area contributed by atoms with Crippen molar-refractivity contribution >= 4 is 5.91 Å². The summed E-state index contributed by atoms with van der Waals surface area (Å²) in [5, 5.41) is 5.85. The van der Waals surface area contributed by atoms with E-state index in [1.165, 1.54) is 11.1 Å². The summed E-state index contributed by atoms with van der Waals surface area (Å²) in [6.45, 7) is 1.95. The molecule has 3 rings (SSSR count). The van der Waals surface area contributed by atoms with Crippen LogP contribution in [0, 0.1) is 11.6 Å². The number of hydrogen-bond acceptors (Lipinski definition) is 2. The molecule has 2 aromatic rings. The number of amides is 1. The molecule has 1 heterocycles. The van der Waals surface area contributed by atoms with Crippen LogP contribution in [0.1, 0.15) is 27.0 Å². The fraction of sp³-hybridized carbons (Fsp3) is 0.188. The smallest absolute Gasteiger partial charge is 0.254 e. The van der Waals surface area contributed by atoms with Crippen LogP contribution in [0.5, 0.6) is 0 Å². The second kappa shape index (κ2) is 5.61. The van der Waals surface area contributed by atoms with Gasteiger partial charge in [0.1, 0.15) is 11.6 Å². The van der Waals surface area contributed by atoms with Crippen LogP contribution < -0.4 is 10.6 Å². The lowest BCUT2D eigenvalue weighted by Crippen LogP contribution is -2.24. The molecule has 0 spiro atoms. The zero-order chi connectivity index (χ0) is 14.8. The summed E-state index contributed by atoms with van der Waals surface area (Å²) in [4.78, 5) is 11.9. The van der Waals surface area contributed by atoms with Crippen LogP contribution in [0.3, 0.4) is 0 Å². The summed E-state index contributed by atoms with van der Waals surface area (Å²) in [6, 6.07) is 8.79. The van der Waals surface area contributed by atoms with Crippen molar-refractivity contribution in [2.45, 2.75) is 19.6 Å². The zero-order valence-corrected chi connectivity index (χ0v) is 11.2. The molecule has 0 saturated carbocycles. The quantitative estimate of drug-likeness (QED) is 0.911. The van der Waals surface area contributed by atoms with Gasteiger partial charge < -0.3 is 10.6 Å². The molecule has 0 fully saturated rings. The Bertz CT molecular complexity index is 701. The van der Waals surface area contributed by atoms with Gasteiger partial charge in [0.15, 0.2) is 0 Å². The van der Waals surface area contributed by atoms with Crippen LogP contribution >= 0.6 is 0 Å². The van der Waals surface area contributed by atoms with Crippen molar-refractivity contribution < 1.29 is 13.6 Å². The molecule has 2 aromatic carbocycles. The van der Waals surface area contributed by atoms with Crippen LogP contribution in [-0.2, 0) is 19.6 Å². The Balaban J connectivity index is 1.70. The highest BCUT2D eigenvalue weighted by atomic mass is 19.1. The molecule has 2 N–H and O–H groups in total. The van der Waals surface area contributed by atoms with Crippen molar-refractivity contribution in [3.05, 3.63) is 70.3 Å². The summed E-state index contributed by atoms with van der Waals surface area (Å²) in [5.74, 6) is -1.98. The molecule has 1 aliphatic rings. The highest BCUT2D eigenvalue weighted by molar-refractivity contribution is 5.94. The minimum Gasteiger partial charge on any atom is -0.348 e. The van der Waals surface area contributed by atoms with Crippen LogP contribution in [0.25, 0.3) is 0 Å². The molecule has 1 aliphatic heterocycles. The lowest BCUT2D eigenvalue weighted by Gasteiger charge is -2.08. The van der Waals surface area contributed by atoms with E-state index < -0.39 is 17.5 Å². The zero-order valence-electron chi connectivity index (χ0n) is 11.2. The lowest BCUT2D eigenvalue weighted by atomic mass is 10.1. The summed E-state index contributed by atoms with van der Waals surface area (Å²) in [6.07, 6.45) is 0. The first kappa shape index (κ1) is 13.7. The number of nitrogens with one attached hydrogen (secondary N) is 2. The van der Waals surface area contributed by atoms with Gasteiger partial charge in [-0.2, -0.15) is 0 Å². The molecule has 0 aromatic heterocycles. The number of hydrogen-bond donors (Lipinski definition) is 2. The maximum Gasteiger partial charge on any atom is 0.254 e. The molecule has 108 valence electrons. The standard InChI is InChI=1S/C16H14F2N2O/c17-13-3-4-15(18)14(6-13)16(21)20-7-10-1-2-11-8-19-9-12(11)5-10/h1-6,19H,7-9H2,(H,20,21). The number of carbonyl (C=O) groups is 1. The third kappa shape index (κ3) is 2.92. The van der Waals surface area contributed by atoms with Crippen LogP contribution in [0.2, 0.25) is 0 Å². The number of benzene rings is 2. The molecular formula is C16H14F2N2O. The maximum atomic E-state index is 13.5. The maximum absolute atomic E-state index is 13.5. The van der Waals surface area contributed by atoms with Gasteiger partial charge >= 0.3 is 0 Å². The lowest BCUT2D eigenvalue weighted by molar-refractivity contribution is 0.0946. The van der Waals surface area contributed by atoms with Gasteiger partial charge in [-0.3, -0.25) is 4.79 Å². The number of carbonyl (C=O) groups excluding carboxylic acids is 1. The van der Waals surface area contributed by atoms with E-state index in [0.29, 0.717) is 0 Å². The summed E-state index contributed by atoms with van der Waals surface area (Å²) in [5.41, 5.74) is 3.11. The van der Waals surface area contributed by atoms with Gasteiger partial charge in [-0.25, -0.2) is 8.78 Å². The number of fused-ring (bicyclic) bond motifs is 1. The van der Waals surface area contributed by atoms with Crippen LogP contribution in [0.4, 0.5) is 8.78 Å². The van der Waals surface area contributed by atoms with E-state index in [1.54, 1.807) is 0 Å². The first-order valence-electron chi connectivity index (χ1n) is 6.68. The van der Waals surface area contributed by atoms with Gasteiger partial charge in [-0.05, 0) is 34.9 Å². The van der Waals surface area contributed by atoms with E-state index in [4.69, 9.17) is 0 Å². The van der Waals surface area contributed by atoms with Crippen LogP contribution in [-0.4, -0.2) is 5.91 Å².